The number of rotatable bonds is 9. The molecule has 0 unspecified atom stereocenters. The molecule has 1 N–H and O–H groups in total. The SMILES string of the molecule is COc1ccc2onc(N3CCN(CCCCNC(=O)c4ccc(-n5ccnc5)cc4)CC3)c2c1. The molecular weight excluding hydrogens is 444 g/mol. The number of ether oxygens (including phenoxy) is 1. The average molecular weight is 475 g/mol. The van der Waals surface area contributed by atoms with E-state index in [0.717, 1.165) is 73.8 Å². The molecule has 2 aromatic carbocycles. The third-order valence-corrected chi connectivity index (χ3v) is 6.45. The molecule has 1 aliphatic rings. The molecule has 0 saturated carbocycles. The number of methoxy groups -OCH3 is 1. The number of imidazole rings is 1. The van der Waals surface area contributed by atoms with E-state index in [2.05, 4.69) is 25.3 Å². The van der Waals surface area contributed by atoms with Crippen molar-refractivity contribution in [2.45, 2.75) is 12.8 Å². The van der Waals surface area contributed by atoms with Gasteiger partial charge in [-0.25, -0.2) is 4.98 Å². The van der Waals surface area contributed by atoms with Gasteiger partial charge in [0.1, 0.15) is 5.75 Å². The Morgan fingerprint density at radius 1 is 1.09 bits per heavy atom. The van der Waals surface area contributed by atoms with Crippen molar-refractivity contribution in [3.63, 3.8) is 0 Å². The number of carbonyl (C=O) groups is 1. The number of hydrogen-bond donors (Lipinski definition) is 1. The van der Waals surface area contributed by atoms with Gasteiger partial charge in [-0.05, 0) is 61.9 Å². The summed E-state index contributed by atoms with van der Waals surface area (Å²) < 4.78 is 12.8. The van der Waals surface area contributed by atoms with Crippen molar-refractivity contribution in [3.8, 4) is 11.4 Å². The van der Waals surface area contributed by atoms with E-state index in [9.17, 15) is 4.79 Å². The molecule has 1 fully saturated rings. The molecule has 0 radical (unpaired) electrons. The first-order valence-corrected chi connectivity index (χ1v) is 12.0. The number of unbranched alkanes of at least 4 members (excludes halogenated alkanes) is 1. The van der Waals surface area contributed by atoms with Gasteiger partial charge in [-0.15, -0.1) is 0 Å². The Morgan fingerprint density at radius 3 is 2.66 bits per heavy atom. The van der Waals surface area contributed by atoms with Crippen LogP contribution in [-0.4, -0.2) is 71.9 Å². The second-order valence-electron chi connectivity index (χ2n) is 8.68. The van der Waals surface area contributed by atoms with E-state index in [0.29, 0.717) is 12.1 Å². The van der Waals surface area contributed by atoms with Crippen LogP contribution in [0.5, 0.6) is 5.75 Å². The largest absolute Gasteiger partial charge is 0.497 e. The fraction of sp³-hybridized carbons (Fsp3) is 0.346. The highest BCUT2D eigenvalue weighted by atomic mass is 16.5. The lowest BCUT2D eigenvalue weighted by molar-refractivity contribution is 0.0952. The standard InChI is InChI=1S/C26H30N6O3/c1-34-22-8-9-24-23(18-22)25(29-35-24)31-16-14-30(15-17-31)12-3-2-10-28-26(33)20-4-6-21(7-5-20)32-13-11-27-19-32/h4-9,11,13,18-19H,2-3,10,12,14-17H2,1H3,(H,28,33). The van der Waals surface area contributed by atoms with Gasteiger partial charge >= 0.3 is 0 Å². The van der Waals surface area contributed by atoms with Crippen LogP contribution < -0.4 is 15.0 Å². The van der Waals surface area contributed by atoms with Crippen LogP contribution in [0.4, 0.5) is 5.82 Å². The highest BCUT2D eigenvalue weighted by molar-refractivity contribution is 5.94. The van der Waals surface area contributed by atoms with Crippen LogP contribution in [0, 0.1) is 0 Å². The van der Waals surface area contributed by atoms with Crippen molar-refractivity contribution in [1.82, 2.24) is 24.9 Å². The van der Waals surface area contributed by atoms with Crippen LogP contribution in [0.3, 0.4) is 0 Å². The lowest BCUT2D eigenvalue weighted by atomic mass is 10.2. The predicted octanol–water partition coefficient (Wildman–Crippen LogP) is 3.35. The zero-order chi connectivity index (χ0) is 24.0. The fourth-order valence-electron chi connectivity index (χ4n) is 4.40. The Morgan fingerprint density at radius 2 is 1.91 bits per heavy atom. The number of nitrogens with zero attached hydrogens (tertiary/aromatic N) is 5. The van der Waals surface area contributed by atoms with Gasteiger partial charge in [0.05, 0.1) is 18.8 Å². The first-order valence-electron chi connectivity index (χ1n) is 12.0. The second kappa shape index (κ2) is 10.6. The van der Waals surface area contributed by atoms with E-state index in [1.165, 1.54) is 0 Å². The Kier molecular flexibility index (Phi) is 6.94. The lowest BCUT2D eigenvalue weighted by Gasteiger charge is -2.34. The van der Waals surface area contributed by atoms with E-state index in [1.54, 1.807) is 19.6 Å². The van der Waals surface area contributed by atoms with E-state index >= 15 is 0 Å². The van der Waals surface area contributed by atoms with Crippen molar-refractivity contribution in [3.05, 3.63) is 66.7 Å². The topological polar surface area (TPSA) is 88.7 Å². The maximum absolute atomic E-state index is 12.4. The molecule has 2 aromatic heterocycles. The number of benzene rings is 2. The Balaban J connectivity index is 1.02. The summed E-state index contributed by atoms with van der Waals surface area (Å²) in [7, 11) is 1.67. The van der Waals surface area contributed by atoms with Crippen molar-refractivity contribution in [1.29, 1.82) is 0 Å². The monoisotopic (exact) mass is 474 g/mol. The lowest BCUT2D eigenvalue weighted by Crippen LogP contribution is -2.46. The molecule has 0 bridgehead atoms. The van der Waals surface area contributed by atoms with Gasteiger partial charge in [-0.1, -0.05) is 5.16 Å². The summed E-state index contributed by atoms with van der Waals surface area (Å²) in [5.41, 5.74) is 2.43. The molecule has 9 heteroatoms. The van der Waals surface area contributed by atoms with Crippen molar-refractivity contribution < 1.29 is 14.1 Å². The third-order valence-electron chi connectivity index (χ3n) is 6.45. The van der Waals surface area contributed by atoms with E-state index in [1.807, 2.05) is 53.2 Å². The van der Waals surface area contributed by atoms with Crippen LogP contribution >= 0.6 is 0 Å². The quantitative estimate of drug-likeness (QED) is 0.372. The molecule has 1 saturated heterocycles. The van der Waals surface area contributed by atoms with Gasteiger partial charge < -0.3 is 24.0 Å². The van der Waals surface area contributed by atoms with Crippen molar-refractivity contribution in [2.24, 2.45) is 0 Å². The first kappa shape index (κ1) is 22.9. The zero-order valence-corrected chi connectivity index (χ0v) is 19.9. The number of aromatic nitrogens is 3. The molecule has 0 spiro atoms. The minimum absolute atomic E-state index is 0.0349. The van der Waals surface area contributed by atoms with E-state index in [4.69, 9.17) is 9.26 Å². The summed E-state index contributed by atoms with van der Waals surface area (Å²) in [6.45, 7) is 5.47. The Labute approximate surface area is 204 Å². The maximum atomic E-state index is 12.4. The molecular formula is C26H30N6O3. The number of fused-ring (bicyclic) bond motifs is 1. The van der Waals surface area contributed by atoms with E-state index < -0.39 is 0 Å². The van der Waals surface area contributed by atoms with Gasteiger partial charge in [-0.2, -0.15) is 0 Å². The molecule has 0 aliphatic carbocycles. The molecule has 3 heterocycles. The summed E-state index contributed by atoms with van der Waals surface area (Å²) in [5.74, 6) is 1.66. The highest BCUT2D eigenvalue weighted by Crippen LogP contribution is 2.30. The number of amides is 1. The fourth-order valence-corrected chi connectivity index (χ4v) is 4.40. The van der Waals surface area contributed by atoms with Gasteiger partial charge in [0.15, 0.2) is 11.4 Å². The molecule has 9 nitrogen and oxygen atoms in total. The smallest absolute Gasteiger partial charge is 0.251 e. The van der Waals surface area contributed by atoms with Crippen LogP contribution in [0.25, 0.3) is 16.7 Å². The van der Waals surface area contributed by atoms with Crippen molar-refractivity contribution in [2.75, 3.05) is 51.3 Å². The number of carbonyl (C=O) groups excluding carboxylic acids is 1. The summed E-state index contributed by atoms with van der Waals surface area (Å²) in [6, 6.07) is 13.3. The van der Waals surface area contributed by atoms with Gasteiger partial charge in [0.2, 0.25) is 0 Å². The summed E-state index contributed by atoms with van der Waals surface area (Å²) in [5, 5.41) is 8.32. The second-order valence-corrected chi connectivity index (χ2v) is 8.68. The van der Waals surface area contributed by atoms with Crippen LogP contribution in [0.15, 0.2) is 65.7 Å². The molecule has 182 valence electrons. The average Bonchev–Trinajstić information content (AvgIpc) is 3.59. The molecule has 35 heavy (non-hydrogen) atoms. The summed E-state index contributed by atoms with van der Waals surface area (Å²) in [6.07, 6.45) is 7.35. The molecule has 1 amide bonds. The van der Waals surface area contributed by atoms with Crippen LogP contribution in [0.1, 0.15) is 23.2 Å². The molecule has 4 aromatic rings. The molecule has 0 atom stereocenters. The Hall–Kier alpha value is -3.85. The van der Waals surface area contributed by atoms with Gasteiger partial charge in [0.25, 0.3) is 5.91 Å². The number of nitrogens with one attached hydrogen (secondary N) is 1. The summed E-state index contributed by atoms with van der Waals surface area (Å²) >= 11 is 0. The Bertz CT molecular complexity index is 1240. The number of anilines is 1. The van der Waals surface area contributed by atoms with Gasteiger partial charge in [-0.3, -0.25) is 9.69 Å². The third kappa shape index (κ3) is 5.30. The minimum atomic E-state index is -0.0349. The maximum Gasteiger partial charge on any atom is 0.251 e. The highest BCUT2D eigenvalue weighted by Gasteiger charge is 2.21. The normalized spacial score (nSPS) is 14.4. The van der Waals surface area contributed by atoms with Gasteiger partial charge in [0, 0.05) is 56.4 Å². The zero-order valence-electron chi connectivity index (χ0n) is 19.9. The molecule has 5 rings (SSSR count). The first-order chi connectivity index (χ1) is 17.2. The number of piperazine rings is 1. The minimum Gasteiger partial charge on any atom is -0.497 e. The summed E-state index contributed by atoms with van der Waals surface area (Å²) in [4.78, 5) is 21.2. The van der Waals surface area contributed by atoms with Crippen LogP contribution in [-0.2, 0) is 0 Å². The van der Waals surface area contributed by atoms with Crippen LogP contribution in [0.2, 0.25) is 0 Å². The number of hydrogen-bond acceptors (Lipinski definition) is 7. The van der Waals surface area contributed by atoms with E-state index in [-0.39, 0.29) is 5.91 Å². The predicted molar refractivity (Wildman–Crippen MR) is 134 cm³/mol. The van der Waals surface area contributed by atoms with Crippen molar-refractivity contribution >= 4 is 22.7 Å². The molecule has 1 aliphatic heterocycles.